The molecule has 0 radical (unpaired) electrons. The van der Waals surface area contributed by atoms with Crippen LogP contribution < -0.4 is 0 Å². The molecule has 6 nitrogen and oxygen atoms in total. The molecular weight excluding hydrogens is 517 g/mol. The maximum atomic E-state index is 15.1. The van der Waals surface area contributed by atoms with E-state index in [-0.39, 0.29) is 34.7 Å². The van der Waals surface area contributed by atoms with Crippen LogP contribution in [0.15, 0.2) is 42.5 Å². The van der Waals surface area contributed by atoms with Gasteiger partial charge in [-0.15, -0.1) is 0 Å². The van der Waals surface area contributed by atoms with Crippen LogP contribution in [0.2, 0.25) is 0 Å². The van der Waals surface area contributed by atoms with E-state index in [9.17, 15) is 14.7 Å². The van der Waals surface area contributed by atoms with Gasteiger partial charge in [-0.25, -0.2) is 4.39 Å². The van der Waals surface area contributed by atoms with Crippen LogP contribution in [-0.4, -0.2) is 84.4 Å². The number of unbranched alkanes of at least 4 members (excludes halogenated alkanes) is 1. The number of nitrogens with zero attached hydrogens (tertiary/aromatic N) is 3. The normalized spacial score (nSPS) is 23.8. The summed E-state index contributed by atoms with van der Waals surface area (Å²) in [5.74, 6) is -1.90. The van der Waals surface area contributed by atoms with Crippen molar-refractivity contribution < 1.29 is 19.1 Å². The van der Waals surface area contributed by atoms with Gasteiger partial charge in [-0.05, 0) is 94.5 Å². The zero-order chi connectivity index (χ0) is 29.9. The van der Waals surface area contributed by atoms with Crippen molar-refractivity contribution in [2.45, 2.75) is 65.3 Å². The van der Waals surface area contributed by atoms with Crippen LogP contribution in [-0.2, 0) is 4.79 Å². The van der Waals surface area contributed by atoms with E-state index in [1.807, 2.05) is 11.0 Å². The summed E-state index contributed by atoms with van der Waals surface area (Å²) >= 11 is 0. The van der Waals surface area contributed by atoms with Crippen LogP contribution in [0.4, 0.5) is 4.39 Å². The van der Waals surface area contributed by atoms with Crippen LogP contribution in [0, 0.1) is 30.0 Å². The number of phenols is 1. The first kappa shape index (κ1) is 31.2. The quantitative estimate of drug-likeness (QED) is 0.311. The van der Waals surface area contributed by atoms with Gasteiger partial charge in [0.2, 0.25) is 5.91 Å². The van der Waals surface area contributed by atoms with Gasteiger partial charge in [0.15, 0.2) is 5.78 Å². The Morgan fingerprint density at radius 1 is 1.05 bits per heavy atom. The van der Waals surface area contributed by atoms with Crippen LogP contribution in [0.25, 0.3) is 0 Å². The van der Waals surface area contributed by atoms with Crippen molar-refractivity contribution in [2.24, 2.45) is 17.3 Å². The summed E-state index contributed by atoms with van der Waals surface area (Å²) in [5.41, 5.74) is 1.39. The third-order valence-electron chi connectivity index (χ3n) is 9.01. The number of benzene rings is 2. The number of phenolic OH excluding ortho intramolecular Hbond substituents is 1. The van der Waals surface area contributed by atoms with E-state index in [2.05, 4.69) is 44.7 Å². The molecule has 2 aromatic carbocycles. The molecule has 1 N–H and O–H groups in total. The number of hydrogen-bond donors (Lipinski definition) is 1. The van der Waals surface area contributed by atoms with Crippen molar-refractivity contribution in [3.8, 4) is 5.75 Å². The molecular formula is C34H48FN3O3. The number of ketones is 1. The Labute approximate surface area is 245 Å². The largest absolute Gasteiger partial charge is 0.508 e. The van der Waals surface area contributed by atoms with Crippen LogP contribution >= 0.6 is 0 Å². The highest BCUT2D eigenvalue weighted by molar-refractivity contribution is 5.99. The van der Waals surface area contributed by atoms with E-state index in [1.54, 1.807) is 31.2 Å². The zero-order valence-corrected chi connectivity index (χ0v) is 25.7. The van der Waals surface area contributed by atoms with Crippen LogP contribution in [0.5, 0.6) is 5.75 Å². The summed E-state index contributed by atoms with van der Waals surface area (Å²) in [6.07, 6.45) is 3.92. The highest BCUT2D eigenvalue weighted by Crippen LogP contribution is 2.49. The Morgan fingerprint density at radius 2 is 1.73 bits per heavy atom. The topological polar surface area (TPSA) is 64.1 Å². The lowest BCUT2D eigenvalue weighted by molar-refractivity contribution is -0.144. The first-order valence-electron chi connectivity index (χ1n) is 15.2. The first-order chi connectivity index (χ1) is 19.4. The van der Waals surface area contributed by atoms with Gasteiger partial charge in [0, 0.05) is 43.1 Å². The van der Waals surface area contributed by atoms with Crippen molar-refractivity contribution in [2.75, 3.05) is 46.8 Å². The van der Waals surface area contributed by atoms with Crippen molar-refractivity contribution in [1.82, 2.24) is 14.7 Å². The molecule has 2 aliphatic rings. The standard InChI is InChI=1S/C34H48FN3O3/c1-23-26(15-12-16-28(23)35)29-27(31(40)24-13-11-14-25(39)21-24)22-38(20-8-7-17-36(5)6)32(34(2,3)4)30(29)33(41)37-18-9-10-19-37/h11-16,21,27,29-30,32,39H,7-10,17-20,22H2,1-6H3/t27-,29+,30-,32+/m0/s1. The summed E-state index contributed by atoms with van der Waals surface area (Å²) in [7, 11) is 4.14. The fraction of sp³-hybridized carbons (Fsp3) is 0.588. The smallest absolute Gasteiger partial charge is 0.227 e. The van der Waals surface area contributed by atoms with Gasteiger partial charge in [-0.2, -0.15) is 0 Å². The maximum absolute atomic E-state index is 15.1. The molecule has 224 valence electrons. The van der Waals surface area contributed by atoms with Crippen LogP contribution in [0.3, 0.4) is 0 Å². The van der Waals surface area contributed by atoms with Crippen molar-refractivity contribution in [3.05, 3.63) is 65.0 Å². The van der Waals surface area contributed by atoms with Gasteiger partial charge in [0.05, 0.1) is 5.92 Å². The Balaban J connectivity index is 1.88. The lowest BCUT2D eigenvalue weighted by Crippen LogP contribution is -2.62. The molecule has 0 aromatic heterocycles. The lowest BCUT2D eigenvalue weighted by Gasteiger charge is -2.54. The monoisotopic (exact) mass is 565 g/mol. The second-order valence-electron chi connectivity index (χ2n) is 13.4. The number of halogens is 1. The van der Waals surface area contributed by atoms with Gasteiger partial charge in [0.1, 0.15) is 11.6 Å². The Morgan fingerprint density at radius 3 is 2.37 bits per heavy atom. The zero-order valence-electron chi connectivity index (χ0n) is 25.7. The molecule has 2 saturated heterocycles. The Bertz CT molecular complexity index is 1220. The summed E-state index contributed by atoms with van der Waals surface area (Å²) in [5, 5.41) is 10.2. The number of aromatic hydroxyl groups is 1. The second kappa shape index (κ2) is 13.0. The predicted molar refractivity (Wildman–Crippen MR) is 162 cm³/mol. The van der Waals surface area contributed by atoms with Gasteiger partial charge in [-0.1, -0.05) is 45.0 Å². The molecule has 2 aromatic rings. The van der Waals surface area contributed by atoms with E-state index in [0.29, 0.717) is 17.7 Å². The average Bonchev–Trinajstić information content (AvgIpc) is 3.46. The molecule has 2 heterocycles. The summed E-state index contributed by atoms with van der Waals surface area (Å²) in [6, 6.07) is 11.4. The molecule has 41 heavy (non-hydrogen) atoms. The molecule has 2 aliphatic heterocycles. The van der Waals surface area contributed by atoms with Crippen LogP contribution in [0.1, 0.15) is 73.9 Å². The van der Waals surface area contributed by atoms with Crippen molar-refractivity contribution in [1.29, 1.82) is 0 Å². The highest BCUT2D eigenvalue weighted by atomic mass is 19.1. The number of likely N-dealkylation sites (tertiary alicyclic amines) is 2. The number of Topliss-reactive ketones (excluding diaryl/α,β-unsaturated/α-hetero) is 1. The highest BCUT2D eigenvalue weighted by Gasteiger charge is 2.54. The molecule has 0 aliphatic carbocycles. The molecule has 4 rings (SSSR count). The molecule has 2 fully saturated rings. The maximum Gasteiger partial charge on any atom is 0.227 e. The average molecular weight is 566 g/mol. The van der Waals surface area contributed by atoms with E-state index >= 15 is 4.39 Å². The van der Waals surface area contributed by atoms with Gasteiger partial charge >= 0.3 is 0 Å². The van der Waals surface area contributed by atoms with Gasteiger partial charge < -0.3 is 14.9 Å². The Kier molecular flexibility index (Phi) is 9.91. The minimum Gasteiger partial charge on any atom is -0.508 e. The third kappa shape index (κ3) is 7.00. The minimum absolute atomic E-state index is 0.0305. The number of carbonyl (C=O) groups is 2. The SMILES string of the molecule is Cc1c(F)cccc1[C@H]1[C@H](C(=O)N2CCCC2)[C@H](C(C)(C)C)N(CCCCN(C)C)C[C@@H]1C(=O)c1cccc(O)c1. The van der Waals surface area contributed by atoms with E-state index in [0.717, 1.165) is 57.4 Å². The number of carbonyl (C=O) groups excluding carboxylic acids is 2. The first-order valence-corrected chi connectivity index (χ1v) is 15.2. The number of amides is 1. The van der Waals surface area contributed by atoms with Crippen molar-refractivity contribution in [3.63, 3.8) is 0 Å². The summed E-state index contributed by atoms with van der Waals surface area (Å²) in [6.45, 7) is 12.0. The molecule has 0 bridgehead atoms. The minimum atomic E-state index is -0.568. The molecule has 1 amide bonds. The fourth-order valence-electron chi connectivity index (χ4n) is 7.16. The van der Waals surface area contributed by atoms with Crippen molar-refractivity contribution >= 4 is 11.7 Å². The summed E-state index contributed by atoms with van der Waals surface area (Å²) in [4.78, 5) is 35.5. The Hall–Kier alpha value is -2.77. The number of hydrogen-bond acceptors (Lipinski definition) is 5. The fourth-order valence-corrected chi connectivity index (χ4v) is 7.16. The van der Waals surface area contributed by atoms with Gasteiger partial charge in [0.25, 0.3) is 0 Å². The summed E-state index contributed by atoms with van der Waals surface area (Å²) < 4.78 is 15.1. The number of piperidine rings is 1. The van der Waals surface area contributed by atoms with E-state index < -0.39 is 17.8 Å². The third-order valence-corrected chi connectivity index (χ3v) is 9.01. The molecule has 7 heteroatoms. The lowest BCUT2D eigenvalue weighted by atomic mass is 9.61. The molecule has 0 saturated carbocycles. The molecule has 0 spiro atoms. The molecule has 4 atom stereocenters. The number of rotatable bonds is 9. The van der Waals surface area contributed by atoms with E-state index in [1.165, 1.54) is 12.1 Å². The van der Waals surface area contributed by atoms with Gasteiger partial charge in [-0.3, -0.25) is 14.5 Å². The second-order valence-corrected chi connectivity index (χ2v) is 13.4. The molecule has 0 unspecified atom stereocenters. The van der Waals surface area contributed by atoms with E-state index in [4.69, 9.17) is 0 Å². The predicted octanol–water partition coefficient (Wildman–Crippen LogP) is 5.73.